The molecule has 1 aromatic carbocycles. The first-order chi connectivity index (χ1) is 10.2. The van der Waals surface area contributed by atoms with Crippen molar-refractivity contribution in [2.45, 2.75) is 6.42 Å². The smallest absolute Gasteiger partial charge is 0.123 e. The van der Waals surface area contributed by atoms with E-state index in [1.807, 2.05) is 36.4 Å². The van der Waals surface area contributed by atoms with Crippen LogP contribution < -0.4 is 9.47 Å². The highest BCUT2D eigenvalue weighted by molar-refractivity contribution is 5.41. The zero-order chi connectivity index (χ0) is 15.5. The molecule has 0 saturated heterocycles. The van der Waals surface area contributed by atoms with Crippen LogP contribution in [0.1, 0.15) is 5.56 Å². The number of rotatable bonds is 11. The molecule has 3 nitrogen and oxygen atoms in total. The van der Waals surface area contributed by atoms with Gasteiger partial charge in [-0.3, -0.25) is 4.90 Å². The molecular weight excluding hydrogens is 262 g/mol. The molecule has 0 bridgehead atoms. The minimum absolute atomic E-state index is 0.623. The van der Waals surface area contributed by atoms with E-state index in [9.17, 15) is 0 Å². The van der Waals surface area contributed by atoms with Crippen molar-refractivity contribution in [3.8, 4) is 11.5 Å². The lowest BCUT2D eigenvalue weighted by Crippen LogP contribution is -2.28. The summed E-state index contributed by atoms with van der Waals surface area (Å²) in [5, 5.41) is 0. The third kappa shape index (κ3) is 5.88. The van der Waals surface area contributed by atoms with Crippen LogP contribution >= 0.6 is 0 Å². The molecule has 0 spiro atoms. The van der Waals surface area contributed by atoms with Gasteiger partial charge in [-0.15, -0.1) is 19.7 Å². The van der Waals surface area contributed by atoms with Crippen LogP contribution in [0.2, 0.25) is 0 Å². The minimum Gasteiger partial charge on any atom is -0.497 e. The summed E-state index contributed by atoms with van der Waals surface area (Å²) in [4.78, 5) is 2.22. The van der Waals surface area contributed by atoms with Crippen molar-refractivity contribution in [1.29, 1.82) is 0 Å². The Morgan fingerprint density at radius 2 is 1.81 bits per heavy atom. The maximum absolute atomic E-state index is 5.90. The number of ether oxygens (including phenoxy) is 2. The first-order valence-electron chi connectivity index (χ1n) is 7.09. The van der Waals surface area contributed by atoms with Gasteiger partial charge in [-0.2, -0.15) is 0 Å². The number of hydrogen-bond donors (Lipinski definition) is 0. The molecule has 1 aromatic rings. The van der Waals surface area contributed by atoms with Crippen molar-refractivity contribution < 1.29 is 9.47 Å². The summed E-state index contributed by atoms with van der Waals surface area (Å²) in [5.74, 6) is 1.71. The Hall–Kier alpha value is -2.00. The van der Waals surface area contributed by atoms with Crippen molar-refractivity contribution in [2.24, 2.45) is 0 Å². The largest absolute Gasteiger partial charge is 0.497 e. The summed E-state index contributed by atoms with van der Waals surface area (Å²) in [6, 6.07) is 5.85. The zero-order valence-corrected chi connectivity index (χ0v) is 12.9. The summed E-state index contributed by atoms with van der Waals surface area (Å²) in [5.41, 5.74) is 1.09. The fraction of sp³-hybridized carbons (Fsp3) is 0.333. The fourth-order valence-electron chi connectivity index (χ4n) is 2.05. The minimum atomic E-state index is 0.623. The lowest BCUT2D eigenvalue weighted by molar-refractivity contribution is 0.235. The number of benzene rings is 1. The van der Waals surface area contributed by atoms with E-state index in [0.717, 1.165) is 43.1 Å². The predicted octanol–water partition coefficient (Wildman–Crippen LogP) is 3.48. The van der Waals surface area contributed by atoms with Crippen LogP contribution in [0.15, 0.2) is 56.2 Å². The monoisotopic (exact) mass is 287 g/mol. The third-order valence-corrected chi connectivity index (χ3v) is 3.07. The Kier molecular flexibility index (Phi) is 7.99. The highest BCUT2D eigenvalue weighted by Crippen LogP contribution is 2.24. The molecule has 0 aromatic heterocycles. The SMILES string of the molecule is C=CCc1cc(OC)ccc1OCCN(CC=C)CC=C. The van der Waals surface area contributed by atoms with Gasteiger partial charge in [-0.25, -0.2) is 0 Å². The quantitative estimate of drug-likeness (QED) is 0.582. The molecule has 3 heteroatoms. The van der Waals surface area contributed by atoms with E-state index in [-0.39, 0.29) is 0 Å². The van der Waals surface area contributed by atoms with Crippen molar-refractivity contribution in [1.82, 2.24) is 4.90 Å². The normalized spacial score (nSPS) is 10.2. The molecule has 0 saturated carbocycles. The van der Waals surface area contributed by atoms with E-state index in [4.69, 9.17) is 9.47 Å². The van der Waals surface area contributed by atoms with E-state index in [1.165, 1.54) is 0 Å². The van der Waals surface area contributed by atoms with Gasteiger partial charge in [-0.05, 0) is 24.6 Å². The second-order valence-electron chi connectivity index (χ2n) is 4.65. The van der Waals surface area contributed by atoms with E-state index < -0.39 is 0 Å². The molecule has 21 heavy (non-hydrogen) atoms. The van der Waals surface area contributed by atoms with Crippen LogP contribution in [0, 0.1) is 0 Å². The molecule has 0 heterocycles. The average Bonchev–Trinajstić information content (AvgIpc) is 2.49. The summed E-state index contributed by atoms with van der Waals surface area (Å²) in [6.07, 6.45) is 6.40. The van der Waals surface area contributed by atoms with Crippen LogP contribution in [0.25, 0.3) is 0 Å². The molecule has 114 valence electrons. The maximum Gasteiger partial charge on any atom is 0.123 e. The van der Waals surface area contributed by atoms with Gasteiger partial charge in [-0.1, -0.05) is 18.2 Å². The fourth-order valence-corrected chi connectivity index (χ4v) is 2.05. The van der Waals surface area contributed by atoms with Crippen LogP contribution in [-0.2, 0) is 6.42 Å². The van der Waals surface area contributed by atoms with Gasteiger partial charge in [0.2, 0.25) is 0 Å². The maximum atomic E-state index is 5.90. The molecule has 0 aliphatic heterocycles. The Labute approximate surface area is 128 Å². The van der Waals surface area contributed by atoms with E-state index >= 15 is 0 Å². The first-order valence-corrected chi connectivity index (χ1v) is 7.09. The van der Waals surface area contributed by atoms with Crippen molar-refractivity contribution in [2.75, 3.05) is 33.4 Å². The van der Waals surface area contributed by atoms with E-state index in [0.29, 0.717) is 6.61 Å². The summed E-state index contributed by atoms with van der Waals surface area (Å²) in [6.45, 7) is 14.4. The van der Waals surface area contributed by atoms with E-state index in [2.05, 4.69) is 24.6 Å². The second kappa shape index (κ2) is 9.83. The molecule has 0 radical (unpaired) electrons. The van der Waals surface area contributed by atoms with Gasteiger partial charge in [0.15, 0.2) is 0 Å². The number of allylic oxidation sites excluding steroid dienone is 1. The van der Waals surface area contributed by atoms with Crippen LogP contribution in [0.4, 0.5) is 0 Å². The first kappa shape index (κ1) is 17.1. The number of nitrogens with zero attached hydrogens (tertiary/aromatic N) is 1. The number of methoxy groups -OCH3 is 1. The standard InChI is InChI=1S/C18H25NO2/c1-5-8-16-15-17(20-4)9-10-18(16)21-14-13-19(11-6-2)12-7-3/h5-7,9-10,15H,1-3,8,11-14H2,4H3. The molecular formula is C18H25NO2. The molecule has 0 fully saturated rings. The molecule has 0 unspecified atom stereocenters. The van der Waals surface area contributed by atoms with Crippen LogP contribution in [0.5, 0.6) is 11.5 Å². The van der Waals surface area contributed by atoms with Gasteiger partial charge < -0.3 is 9.47 Å². The van der Waals surface area contributed by atoms with Crippen molar-refractivity contribution in [3.05, 3.63) is 61.7 Å². The molecule has 0 aliphatic rings. The van der Waals surface area contributed by atoms with Crippen LogP contribution in [-0.4, -0.2) is 38.3 Å². The Balaban J connectivity index is 2.62. The highest BCUT2D eigenvalue weighted by Gasteiger charge is 2.06. The highest BCUT2D eigenvalue weighted by atomic mass is 16.5. The summed E-state index contributed by atoms with van der Waals surface area (Å²) >= 11 is 0. The van der Waals surface area contributed by atoms with Gasteiger partial charge in [0.1, 0.15) is 18.1 Å². The van der Waals surface area contributed by atoms with E-state index in [1.54, 1.807) is 7.11 Å². The molecule has 1 rings (SSSR count). The van der Waals surface area contributed by atoms with Crippen LogP contribution in [0.3, 0.4) is 0 Å². The Morgan fingerprint density at radius 3 is 2.38 bits per heavy atom. The van der Waals surface area contributed by atoms with Crippen molar-refractivity contribution >= 4 is 0 Å². The van der Waals surface area contributed by atoms with Gasteiger partial charge >= 0.3 is 0 Å². The van der Waals surface area contributed by atoms with Crippen molar-refractivity contribution in [3.63, 3.8) is 0 Å². The second-order valence-corrected chi connectivity index (χ2v) is 4.65. The predicted molar refractivity (Wildman–Crippen MR) is 89.2 cm³/mol. The van der Waals surface area contributed by atoms with Gasteiger partial charge in [0.05, 0.1) is 7.11 Å². The molecule has 0 atom stereocenters. The topological polar surface area (TPSA) is 21.7 Å². The van der Waals surface area contributed by atoms with Gasteiger partial charge in [0.25, 0.3) is 0 Å². The average molecular weight is 287 g/mol. The zero-order valence-electron chi connectivity index (χ0n) is 12.9. The Morgan fingerprint density at radius 1 is 1.10 bits per heavy atom. The summed E-state index contributed by atoms with van der Waals surface area (Å²) < 4.78 is 11.1. The third-order valence-electron chi connectivity index (χ3n) is 3.07. The lowest BCUT2D eigenvalue weighted by atomic mass is 10.1. The lowest BCUT2D eigenvalue weighted by Gasteiger charge is -2.19. The molecule has 0 amide bonds. The van der Waals surface area contributed by atoms with Gasteiger partial charge in [0, 0.05) is 25.2 Å². The molecule has 0 aliphatic carbocycles. The Bertz CT molecular complexity index is 458. The summed E-state index contributed by atoms with van der Waals surface area (Å²) in [7, 11) is 1.66. The number of hydrogen-bond acceptors (Lipinski definition) is 3. The molecule has 0 N–H and O–H groups in total.